The second kappa shape index (κ2) is 17.9. The zero-order valence-corrected chi connectivity index (χ0v) is 33.8. The summed E-state index contributed by atoms with van der Waals surface area (Å²) in [7, 11) is 1.76. The van der Waals surface area contributed by atoms with Gasteiger partial charge >= 0.3 is 11.9 Å². The molecule has 46 heavy (non-hydrogen) atoms. The molecule has 262 valence electrons. The lowest BCUT2D eigenvalue weighted by Crippen LogP contribution is -2.22. The first-order chi connectivity index (χ1) is 21.0. The number of rotatable bonds is 10. The van der Waals surface area contributed by atoms with Crippen LogP contribution in [-0.4, -0.2) is 28.2 Å². The van der Waals surface area contributed by atoms with Crippen molar-refractivity contribution in [3.63, 3.8) is 0 Å². The second-order valence-corrected chi connectivity index (χ2v) is 18.5. The Hall–Kier alpha value is -2.12. The van der Waals surface area contributed by atoms with Gasteiger partial charge in [-0.1, -0.05) is 104 Å². The van der Waals surface area contributed by atoms with Crippen molar-refractivity contribution in [2.24, 2.45) is 0 Å². The first-order valence-corrected chi connectivity index (χ1v) is 18.3. The van der Waals surface area contributed by atoms with Crippen molar-refractivity contribution >= 4 is 35.5 Å². The molecule has 2 aromatic carbocycles. The van der Waals surface area contributed by atoms with Crippen LogP contribution in [0.5, 0.6) is 11.5 Å². The fourth-order valence-corrected chi connectivity index (χ4v) is 7.34. The number of carboxylic acid groups (broad SMARTS) is 1. The first kappa shape index (κ1) is 43.9. The minimum atomic E-state index is -1.02. The van der Waals surface area contributed by atoms with E-state index in [0.717, 1.165) is 21.8 Å². The second-order valence-electron chi connectivity index (χ2n) is 14.8. The number of benzene rings is 2. The number of carbonyl (C=O) groups excluding carboxylic acids is 1. The van der Waals surface area contributed by atoms with Gasteiger partial charge in [-0.2, -0.15) is 0 Å². The lowest BCUT2D eigenvalue weighted by molar-refractivity contribution is -0.142. The number of aliphatic carboxylic acids is 1. The number of thioether (sulfide) groups is 2. The molecule has 0 bridgehead atoms. The maximum atomic E-state index is 12.7. The van der Waals surface area contributed by atoms with E-state index in [1.807, 2.05) is 39.5 Å². The third-order valence-electron chi connectivity index (χ3n) is 6.89. The SMILES string of the molecule is CC.CC.COc1c(C(C)C)cc(SC(C)(C)Sc2cc(C(C)(C)C)c(OC(=O)CCC(=O)O)c(C(C)(C)C)c2)cc1C(C)(C)C. The maximum absolute atomic E-state index is 12.7. The summed E-state index contributed by atoms with van der Waals surface area (Å²) in [4.78, 5) is 26.1. The Bertz CT molecular complexity index is 1250. The number of ether oxygens (including phenoxy) is 2. The Kier molecular flexibility index (Phi) is 17.0. The molecule has 5 nitrogen and oxygen atoms in total. The van der Waals surface area contributed by atoms with E-state index in [9.17, 15) is 9.59 Å². The average Bonchev–Trinajstić information content (AvgIpc) is 2.92. The molecule has 1 N–H and O–H groups in total. The van der Waals surface area contributed by atoms with Crippen molar-refractivity contribution < 1.29 is 24.2 Å². The van der Waals surface area contributed by atoms with Gasteiger partial charge in [-0.3, -0.25) is 9.59 Å². The molecule has 0 heterocycles. The summed E-state index contributed by atoms with van der Waals surface area (Å²) >= 11 is 3.63. The van der Waals surface area contributed by atoms with Crippen molar-refractivity contribution in [1.29, 1.82) is 0 Å². The predicted molar refractivity (Wildman–Crippen MR) is 201 cm³/mol. The van der Waals surface area contributed by atoms with Gasteiger partial charge in [0.2, 0.25) is 0 Å². The van der Waals surface area contributed by atoms with Crippen LogP contribution in [0, 0.1) is 0 Å². The quantitative estimate of drug-likeness (QED) is 0.116. The molecule has 2 rings (SSSR count). The van der Waals surface area contributed by atoms with Crippen molar-refractivity contribution in [1.82, 2.24) is 0 Å². The highest BCUT2D eigenvalue weighted by molar-refractivity contribution is 8.18. The van der Waals surface area contributed by atoms with E-state index < -0.39 is 11.9 Å². The van der Waals surface area contributed by atoms with Crippen molar-refractivity contribution in [3.05, 3.63) is 46.5 Å². The van der Waals surface area contributed by atoms with Crippen LogP contribution in [0.1, 0.15) is 159 Å². The number of carbonyl (C=O) groups is 2. The van der Waals surface area contributed by atoms with E-state index in [4.69, 9.17) is 14.6 Å². The van der Waals surface area contributed by atoms with Gasteiger partial charge in [0, 0.05) is 26.5 Å². The average molecular weight is 677 g/mol. The highest BCUT2D eigenvalue weighted by atomic mass is 32.2. The first-order valence-electron chi connectivity index (χ1n) is 16.7. The highest BCUT2D eigenvalue weighted by Crippen LogP contribution is 2.51. The van der Waals surface area contributed by atoms with Gasteiger partial charge in [-0.25, -0.2) is 0 Å². The van der Waals surface area contributed by atoms with Gasteiger partial charge in [0.1, 0.15) is 11.5 Å². The molecule has 2 aromatic rings. The summed E-state index contributed by atoms with van der Waals surface area (Å²) in [5.74, 6) is 0.307. The molecular formula is C39H64O5S2. The smallest absolute Gasteiger partial charge is 0.311 e. The zero-order valence-electron chi connectivity index (χ0n) is 32.2. The molecule has 0 unspecified atom stereocenters. The zero-order chi connectivity index (χ0) is 36.4. The van der Waals surface area contributed by atoms with Crippen molar-refractivity contribution in [2.75, 3.05) is 7.11 Å². The molecule has 0 saturated carbocycles. The maximum Gasteiger partial charge on any atom is 0.311 e. The summed E-state index contributed by atoms with van der Waals surface area (Å²) in [6.45, 7) is 36.2. The predicted octanol–water partition coefficient (Wildman–Crippen LogP) is 12.2. The minimum Gasteiger partial charge on any atom is -0.496 e. The molecule has 0 spiro atoms. The van der Waals surface area contributed by atoms with Gasteiger partial charge in [-0.15, -0.1) is 23.5 Å². The molecular weight excluding hydrogens is 613 g/mol. The van der Waals surface area contributed by atoms with Crippen LogP contribution < -0.4 is 9.47 Å². The van der Waals surface area contributed by atoms with Crippen LogP contribution in [-0.2, 0) is 25.8 Å². The summed E-state index contributed by atoms with van der Waals surface area (Å²) < 4.78 is 11.6. The molecule has 0 fully saturated rings. The molecule has 0 aromatic heterocycles. The van der Waals surface area contributed by atoms with E-state index in [0.29, 0.717) is 11.7 Å². The summed E-state index contributed by atoms with van der Waals surface area (Å²) in [6.07, 6.45) is -0.422. The molecule has 0 radical (unpaired) electrons. The molecule has 0 saturated heterocycles. The van der Waals surface area contributed by atoms with Crippen molar-refractivity contribution in [3.8, 4) is 11.5 Å². The highest BCUT2D eigenvalue weighted by Gasteiger charge is 2.32. The number of carboxylic acids is 1. The fourth-order valence-electron chi connectivity index (χ4n) is 4.74. The lowest BCUT2D eigenvalue weighted by Gasteiger charge is -2.32. The van der Waals surface area contributed by atoms with E-state index in [-0.39, 0.29) is 33.2 Å². The monoisotopic (exact) mass is 676 g/mol. The summed E-state index contributed by atoms with van der Waals surface area (Å²) in [6, 6.07) is 8.82. The Labute approximate surface area is 290 Å². The van der Waals surface area contributed by atoms with Crippen LogP contribution >= 0.6 is 23.5 Å². The topological polar surface area (TPSA) is 72.8 Å². The van der Waals surface area contributed by atoms with Crippen LogP contribution in [0.4, 0.5) is 0 Å². The van der Waals surface area contributed by atoms with Crippen LogP contribution in [0.15, 0.2) is 34.1 Å². The van der Waals surface area contributed by atoms with Gasteiger partial charge < -0.3 is 14.6 Å². The van der Waals surface area contributed by atoms with Gasteiger partial charge in [0.25, 0.3) is 0 Å². The third kappa shape index (κ3) is 13.2. The number of methoxy groups -OCH3 is 1. The largest absolute Gasteiger partial charge is 0.496 e. The van der Waals surface area contributed by atoms with Crippen LogP contribution in [0.25, 0.3) is 0 Å². The Balaban J connectivity index is 0.00000486. The Morgan fingerprint density at radius 3 is 1.37 bits per heavy atom. The summed E-state index contributed by atoms with van der Waals surface area (Å²) in [5, 5.41) is 9.05. The van der Waals surface area contributed by atoms with Crippen molar-refractivity contribution in [2.45, 2.75) is 167 Å². The number of esters is 1. The third-order valence-corrected chi connectivity index (χ3v) is 9.32. The van der Waals surface area contributed by atoms with Gasteiger partial charge in [0.05, 0.1) is 24.0 Å². The lowest BCUT2D eigenvalue weighted by atomic mass is 9.79. The molecule has 0 atom stereocenters. The fraction of sp³-hybridized carbons (Fsp3) is 0.641. The van der Waals surface area contributed by atoms with Crippen LogP contribution in [0.3, 0.4) is 0 Å². The number of hydrogen-bond donors (Lipinski definition) is 1. The molecule has 0 amide bonds. The van der Waals surface area contributed by atoms with Gasteiger partial charge in [-0.05, 0) is 65.8 Å². The van der Waals surface area contributed by atoms with E-state index in [1.165, 1.54) is 16.0 Å². The molecule has 0 aliphatic heterocycles. The molecule has 7 heteroatoms. The van der Waals surface area contributed by atoms with E-state index >= 15 is 0 Å². The molecule has 0 aliphatic rings. The molecule has 0 aliphatic carbocycles. The van der Waals surface area contributed by atoms with Gasteiger partial charge in [0.15, 0.2) is 0 Å². The van der Waals surface area contributed by atoms with E-state index in [2.05, 4.69) is 114 Å². The Morgan fingerprint density at radius 1 is 0.674 bits per heavy atom. The van der Waals surface area contributed by atoms with Crippen LogP contribution in [0.2, 0.25) is 0 Å². The van der Waals surface area contributed by atoms with E-state index in [1.54, 1.807) is 18.9 Å². The standard InChI is InChI=1S/C35H52O5S2.2C2H6/c1-21(2)24-17-22(18-25(30(24)39-14)32(3,4)5)41-35(12,13)42-23-19-26(33(6,7)8)31(27(20-23)34(9,10)11)40-29(38)16-15-28(36)37;2*1-2/h17-21H,15-16H2,1-14H3,(H,36,37);2*1-2H3. The minimum absolute atomic E-state index is 0.0657. The number of hydrogen-bond acceptors (Lipinski definition) is 6. The normalized spacial score (nSPS) is 12.1. The summed E-state index contributed by atoms with van der Waals surface area (Å²) in [5.41, 5.74) is 3.61. The Morgan fingerprint density at radius 2 is 1.04 bits per heavy atom.